The Balaban J connectivity index is 1.40. The average Bonchev–Trinajstić information content (AvgIpc) is 3.35. The molecule has 2 heterocycles. The summed E-state index contributed by atoms with van der Waals surface area (Å²) >= 11 is 5.95. The predicted octanol–water partition coefficient (Wildman–Crippen LogP) is 5.11. The van der Waals surface area contributed by atoms with Crippen molar-refractivity contribution in [2.24, 2.45) is 0 Å². The Morgan fingerprint density at radius 3 is 2.81 bits per heavy atom. The molecule has 0 amide bonds. The average molecular weight is 515 g/mol. The highest BCUT2D eigenvalue weighted by molar-refractivity contribution is 6.31. The van der Waals surface area contributed by atoms with E-state index >= 15 is 0 Å². The molecule has 1 aliphatic carbocycles. The molecule has 1 aliphatic heterocycles. The van der Waals surface area contributed by atoms with Crippen LogP contribution in [0.4, 0.5) is 15.9 Å². The number of carbonyl (C=O) groups is 1. The Morgan fingerprint density at radius 1 is 1.19 bits per heavy atom. The van der Waals surface area contributed by atoms with Gasteiger partial charge in [-0.2, -0.15) is 0 Å². The zero-order valence-electron chi connectivity index (χ0n) is 20.0. The minimum Gasteiger partial charge on any atom is -0.488 e. The number of nitrogens with zero attached hydrogens (tertiary/aromatic N) is 3. The molecule has 2 fully saturated rings. The quantitative estimate of drug-likeness (QED) is 0.415. The number of rotatable bonds is 8. The first-order valence-electron chi connectivity index (χ1n) is 12.2. The number of ether oxygens (including phenoxy) is 3. The number of hydrogen-bond acceptors (Lipinski definition) is 8. The molecule has 1 saturated carbocycles. The van der Waals surface area contributed by atoms with Gasteiger partial charge in [-0.3, -0.25) is 9.69 Å². The van der Waals surface area contributed by atoms with Crippen LogP contribution in [-0.4, -0.2) is 59.3 Å². The molecular weight excluding hydrogens is 487 g/mol. The van der Waals surface area contributed by atoms with Crippen molar-refractivity contribution in [3.8, 4) is 11.5 Å². The van der Waals surface area contributed by atoms with Gasteiger partial charge < -0.3 is 19.5 Å². The van der Waals surface area contributed by atoms with Gasteiger partial charge in [-0.15, -0.1) is 0 Å². The van der Waals surface area contributed by atoms with Gasteiger partial charge >= 0.3 is 5.97 Å². The van der Waals surface area contributed by atoms with Crippen molar-refractivity contribution >= 4 is 40.0 Å². The number of anilines is 2. The number of carbonyl (C=O) groups excluding carboxylic acids is 1. The summed E-state index contributed by atoms with van der Waals surface area (Å²) in [4.78, 5) is 22.6. The van der Waals surface area contributed by atoms with E-state index in [0.29, 0.717) is 48.2 Å². The number of halogens is 2. The van der Waals surface area contributed by atoms with Crippen LogP contribution in [0, 0.1) is 5.82 Å². The monoisotopic (exact) mass is 514 g/mol. The third-order valence-electron chi connectivity index (χ3n) is 6.34. The molecule has 1 N–H and O–H groups in total. The van der Waals surface area contributed by atoms with Crippen LogP contribution in [-0.2, 0) is 9.53 Å². The lowest BCUT2D eigenvalue weighted by Gasteiger charge is -2.30. The summed E-state index contributed by atoms with van der Waals surface area (Å²) in [6.07, 6.45) is 5.77. The fourth-order valence-corrected chi connectivity index (χ4v) is 4.81. The molecule has 0 radical (unpaired) electrons. The molecule has 1 saturated heterocycles. The molecule has 3 aromatic rings. The van der Waals surface area contributed by atoms with E-state index in [1.165, 1.54) is 18.5 Å². The van der Waals surface area contributed by atoms with Crippen LogP contribution >= 0.6 is 11.6 Å². The highest BCUT2D eigenvalue weighted by Crippen LogP contribution is 2.37. The first kappa shape index (κ1) is 24.5. The van der Waals surface area contributed by atoms with Crippen molar-refractivity contribution in [2.45, 2.75) is 44.8 Å². The second-order valence-corrected chi connectivity index (χ2v) is 9.61. The number of morpholine rings is 1. The number of benzene rings is 2. The summed E-state index contributed by atoms with van der Waals surface area (Å²) in [6, 6.07) is 8.13. The van der Waals surface area contributed by atoms with E-state index in [-0.39, 0.29) is 29.7 Å². The van der Waals surface area contributed by atoms with Crippen molar-refractivity contribution < 1.29 is 23.4 Å². The summed E-state index contributed by atoms with van der Waals surface area (Å²) in [6.45, 7) is 3.74. The summed E-state index contributed by atoms with van der Waals surface area (Å²) in [7, 11) is 0. The van der Waals surface area contributed by atoms with Gasteiger partial charge in [0, 0.05) is 30.2 Å². The smallest absolute Gasteiger partial charge is 0.320 e. The van der Waals surface area contributed by atoms with E-state index in [2.05, 4.69) is 15.3 Å². The number of aromatic nitrogens is 2. The molecule has 36 heavy (non-hydrogen) atoms. The summed E-state index contributed by atoms with van der Waals surface area (Å²) in [5, 5.41) is 3.94. The molecule has 1 atom stereocenters. The maximum Gasteiger partial charge on any atom is 0.320 e. The van der Waals surface area contributed by atoms with Gasteiger partial charge in [-0.1, -0.05) is 11.6 Å². The van der Waals surface area contributed by atoms with Crippen LogP contribution in [0.1, 0.15) is 32.6 Å². The number of esters is 1. The largest absolute Gasteiger partial charge is 0.488 e. The lowest BCUT2D eigenvalue weighted by molar-refractivity contribution is -0.157. The summed E-state index contributed by atoms with van der Waals surface area (Å²) in [5.74, 6) is 1.04. The van der Waals surface area contributed by atoms with Gasteiger partial charge in [0.15, 0.2) is 11.5 Å². The van der Waals surface area contributed by atoms with Gasteiger partial charge in [0.2, 0.25) is 0 Å². The van der Waals surface area contributed by atoms with Crippen LogP contribution in [0.2, 0.25) is 5.02 Å². The third kappa shape index (κ3) is 5.79. The Hall–Kier alpha value is -3.17. The zero-order chi connectivity index (χ0) is 25.1. The number of fused-ring (bicyclic) bond motifs is 1. The van der Waals surface area contributed by atoms with Crippen LogP contribution in [0.15, 0.2) is 36.7 Å². The molecule has 5 rings (SSSR count). The lowest BCUT2D eigenvalue weighted by atomic mass is 10.2. The molecule has 10 heteroatoms. The molecular formula is C26H28ClFN4O4. The van der Waals surface area contributed by atoms with Crippen molar-refractivity contribution in [2.75, 3.05) is 31.6 Å². The Kier molecular flexibility index (Phi) is 7.38. The van der Waals surface area contributed by atoms with Crippen LogP contribution in [0.25, 0.3) is 10.9 Å². The van der Waals surface area contributed by atoms with Crippen LogP contribution in [0.3, 0.4) is 0 Å². The first-order chi connectivity index (χ1) is 17.4. The Labute approximate surface area is 213 Å². The normalized spacial score (nSPS) is 18.9. The maximum atomic E-state index is 13.6. The van der Waals surface area contributed by atoms with Gasteiger partial charge in [0.05, 0.1) is 23.2 Å². The predicted molar refractivity (Wildman–Crippen MR) is 135 cm³/mol. The van der Waals surface area contributed by atoms with Gasteiger partial charge in [0.1, 0.15) is 30.7 Å². The van der Waals surface area contributed by atoms with Crippen LogP contribution < -0.4 is 14.8 Å². The third-order valence-corrected chi connectivity index (χ3v) is 6.63. The fraction of sp³-hybridized carbons (Fsp3) is 0.423. The summed E-state index contributed by atoms with van der Waals surface area (Å²) < 4.78 is 31.3. The Bertz CT molecular complexity index is 1250. The minimum absolute atomic E-state index is 0.0190. The number of hydrogen-bond donors (Lipinski definition) is 1. The van der Waals surface area contributed by atoms with Crippen molar-refractivity contribution in [3.05, 3.63) is 47.5 Å². The van der Waals surface area contributed by atoms with E-state index in [1.807, 2.05) is 24.0 Å². The van der Waals surface area contributed by atoms with E-state index in [9.17, 15) is 9.18 Å². The summed E-state index contributed by atoms with van der Waals surface area (Å²) in [5.41, 5.74) is 1.29. The van der Waals surface area contributed by atoms with Gasteiger partial charge in [-0.25, -0.2) is 14.4 Å². The second kappa shape index (κ2) is 10.8. The van der Waals surface area contributed by atoms with Crippen molar-refractivity contribution in [1.29, 1.82) is 0 Å². The molecule has 1 aromatic heterocycles. The van der Waals surface area contributed by atoms with E-state index < -0.39 is 5.82 Å². The highest BCUT2D eigenvalue weighted by atomic mass is 35.5. The number of cyclic esters (lactones) is 1. The van der Waals surface area contributed by atoms with E-state index in [0.717, 1.165) is 31.1 Å². The van der Waals surface area contributed by atoms with Gasteiger partial charge in [0.25, 0.3) is 0 Å². The zero-order valence-corrected chi connectivity index (χ0v) is 20.8. The van der Waals surface area contributed by atoms with Crippen molar-refractivity contribution in [1.82, 2.24) is 14.9 Å². The van der Waals surface area contributed by atoms with Crippen molar-refractivity contribution in [3.63, 3.8) is 0 Å². The second-order valence-electron chi connectivity index (χ2n) is 9.20. The Morgan fingerprint density at radius 2 is 2.03 bits per heavy atom. The fourth-order valence-electron chi connectivity index (χ4n) is 4.63. The highest BCUT2D eigenvalue weighted by Gasteiger charge is 2.24. The molecule has 8 nitrogen and oxygen atoms in total. The SMILES string of the molecule is CC1CN(CCOc2cc3c(Nc4ccc(F)c(Cl)c4)ncnc3cc2OC2CCCC2)CC(=O)O1. The molecule has 0 spiro atoms. The molecule has 0 bridgehead atoms. The van der Waals surface area contributed by atoms with E-state index in [4.69, 9.17) is 25.8 Å². The van der Waals surface area contributed by atoms with Gasteiger partial charge in [-0.05, 0) is 56.9 Å². The number of nitrogens with one attached hydrogen (secondary N) is 1. The standard InChI is InChI=1S/C26H28ClFN4O4/c1-16-13-32(14-25(33)35-16)8-9-34-23-11-19-22(12-24(23)36-18-4-2-3-5-18)29-15-30-26(19)31-17-6-7-21(28)20(27)10-17/h6-7,10-12,15-16,18H,2-5,8-9,13-14H2,1H3,(H,29,30,31). The maximum absolute atomic E-state index is 13.6. The first-order valence-corrected chi connectivity index (χ1v) is 12.5. The molecule has 1 unspecified atom stereocenters. The van der Waals surface area contributed by atoms with E-state index in [1.54, 1.807) is 6.07 Å². The molecule has 190 valence electrons. The minimum atomic E-state index is -0.490. The topological polar surface area (TPSA) is 85.8 Å². The van der Waals surface area contributed by atoms with Crippen LogP contribution in [0.5, 0.6) is 11.5 Å². The molecule has 2 aromatic carbocycles. The molecule has 2 aliphatic rings. The lowest BCUT2D eigenvalue weighted by Crippen LogP contribution is -2.45.